The fourth-order valence-corrected chi connectivity index (χ4v) is 3.05. The van der Waals surface area contributed by atoms with Gasteiger partial charge in [-0.3, -0.25) is 9.78 Å². The van der Waals surface area contributed by atoms with Gasteiger partial charge in [0.1, 0.15) is 11.7 Å². The number of hydrogen-bond acceptors (Lipinski definition) is 4. The van der Waals surface area contributed by atoms with E-state index in [1.807, 2.05) is 25.1 Å². The van der Waals surface area contributed by atoms with Crippen LogP contribution in [0, 0.1) is 12.8 Å². The summed E-state index contributed by atoms with van der Waals surface area (Å²) in [5.41, 5.74) is 3.51. The molecule has 1 aliphatic rings. The Kier molecular flexibility index (Phi) is 3.84. The van der Waals surface area contributed by atoms with Crippen molar-refractivity contribution in [3.8, 4) is 11.1 Å². The van der Waals surface area contributed by atoms with Gasteiger partial charge in [0, 0.05) is 17.8 Å². The lowest BCUT2D eigenvalue weighted by atomic mass is 10.0. The minimum atomic E-state index is -1.05. The molecule has 126 valence electrons. The van der Waals surface area contributed by atoms with E-state index in [1.54, 1.807) is 18.5 Å². The molecule has 25 heavy (non-hydrogen) atoms. The molecule has 7 heteroatoms. The lowest BCUT2D eigenvalue weighted by molar-refractivity contribution is -0.117. The first-order valence-electron chi connectivity index (χ1n) is 7.86. The van der Waals surface area contributed by atoms with Gasteiger partial charge in [-0.1, -0.05) is 11.6 Å². The molecule has 1 saturated carbocycles. The number of halogens is 2. The van der Waals surface area contributed by atoms with Gasteiger partial charge in [-0.2, -0.15) is 0 Å². The molecule has 0 saturated heterocycles. The quantitative estimate of drug-likeness (QED) is 0.771. The van der Waals surface area contributed by atoms with Crippen LogP contribution >= 0.6 is 11.6 Å². The molecule has 0 aliphatic heterocycles. The third-order valence-corrected chi connectivity index (χ3v) is 4.56. The Hall–Kier alpha value is -2.60. The van der Waals surface area contributed by atoms with E-state index in [1.165, 1.54) is 0 Å². The number of alkyl halides is 1. The van der Waals surface area contributed by atoms with Crippen LogP contribution in [-0.4, -0.2) is 27.3 Å². The lowest BCUT2D eigenvalue weighted by Gasteiger charge is -2.09. The summed E-state index contributed by atoms with van der Waals surface area (Å²) in [6.45, 7) is 1.97. The number of aromatic nitrogens is 3. The average molecular weight is 357 g/mol. The van der Waals surface area contributed by atoms with Crippen molar-refractivity contribution in [3.05, 3.63) is 47.2 Å². The Morgan fingerprint density at radius 2 is 2.12 bits per heavy atom. The number of hydrogen-bond donors (Lipinski definition) is 1. The maximum atomic E-state index is 13.0. The predicted molar refractivity (Wildman–Crippen MR) is 94.1 cm³/mol. The van der Waals surface area contributed by atoms with Crippen LogP contribution in [0.5, 0.6) is 0 Å². The standard InChI is InChI=1S/C18H14ClFN4O/c1-9-8-21-3-2-12(9)10-4-11-6-16(22-18(25)13-7-15(13)20)23-24-17(11)14(19)5-10/h2-6,8,13,15H,7H2,1H3,(H,22,23,25)/t13-,15+/m1/s1. The molecule has 0 bridgehead atoms. The molecule has 4 rings (SSSR count). The molecule has 5 nitrogen and oxygen atoms in total. The maximum Gasteiger partial charge on any atom is 0.231 e. The zero-order valence-electron chi connectivity index (χ0n) is 13.3. The van der Waals surface area contributed by atoms with Crippen molar-refractivity contribution in [2.24, 2.45) is 5.92 Å². The Labute approximate surface area is 148 Å². The summed E-state index contributed by atoms with van der Waals surface area (Å²) < 4.78 is 13.0. The summed E-state index contributed by atoms with van der Waals surface area (Å²) in [6, 6.07) is 7.38. The van der Waals surface area contributed by atoms with Crippen LogP contribution in [0.4, 0.5) is 10.2 Å². The molecule has 1 fully saturated rings. The first-order chi connectivity index (χ1) is 12.0. The second kappa shape index (κ2) is 6.04. The van der Waals surface area contributed by atoms with Crippen LogP contribution in [0.1, 0.15) is 12.0 Å². The number of rotatable bonds is 3. The number of anilines is 1. The highest BCUT2D eigenvalue weighted by Crippen LogP contribution is 2.35. The molecule has 3 aromatic rings. The van der Waals surface area contributed by atoms with Gasteiger partial charge in [-0.15, -0.1) is 10.2 Å². The molecule has 2 atom stereocenters. The number of pyridine rings is 1. The van der Waals surface area contributed by atoms with Gasteiger partial charge in [0.05, 0.1) is 10.9 Å². The summed E-state index contributed by atoms with van der Waals surface area (Å²) in [7, 11) is 0. The third-order valence-electron chi connectivity index (χ3n) is 4.27. The van der Waals surface area contributed by atoms with Crippen LogP contribution in [0.3, 0.4) is 0 Å². The first kappa shape index (κ1) is 15.9. The molecule has 2 aromatic heterocycles. The van der Waals surface area contributed by atoms with Crippen LogP contribution < -0.4 is 5.32 Å². The first-order valence-corrected chi connectivity index (χ1v) is 8.23. The SMILES string of the molecule is Cc1cnccc1-c1cc(Cl)c2nnc(NC(=O)[C@@H]3C[C@@H]3F)cc2c1. The number of carbonyl (C=O) groups excluding carboxylic acids is 1. The van der Waals surface area contributed by atoms with E-state index in [0.29, 0.717) is 10.5 Å². The van der Waals surface area contributed by atoms with Gasteiger partial charge in [0.2, 0.25) is 5.91 Å². The van der Waals surface area contributed by atoms with E-state index in [4.69, 9.17) is 11.6 Å². The Balaban J connectivity index is 1.73. The largest absolute Gasteiger partial charge is 0.309 e. The van der Waals surface area contributed by atoms with E-state index in [-0.39, 0.29) is 18.1 Å². The number of benzene rings is 1. The minimum absolute atomic E-state index is 0.268. The number of carbonyl (C=O) groups is 1. The van der Waals surface area contributed by atoms with Crippen molar-refractivity contribution in [1.29, 1.82) is 0 Å². The van der Waals surface area contributed by atoms with Gasteiger partial charge in [0.25, 0.3) is 0 Å². The van der Waals surface area contributed by atoms with Gasteiger partial charge in [-0.25, -0.2) is 4.39 Å². The van der Waals surface area contributed by atoms with E-state index in [2.05, 4.69) is 20.5 Å². The molecule has 2 heterocycles. The Bertz CT molecular complexity index is 994. The molecule has 0 radical (unpaired) electrons. The van der Waals surface area contributed by atoms with E-state index in [0.717, 1.165) is 22.1 Å². The third kappa shape index (κ3) is 3.05. The second-order valence-corrected chi connectivity index (χ2v) is 6.57. The molecule has 1 aromatic carbocycles. The zero-order chi connectivity index (χ0) is 17.6. The summed E-state index contributed by atoms with van der Waals surface area (Å²) in [4.78, 5) is 16.0. The number of nitrogens with one attached hydrogen (secondary N) is 1. The second-order valence-electron chi connectivity index (χ2n) is 6.16. The van der Waals surface area contributed by atoms with Crippen LogP contribution in [0.25, 0.3) is 22.0 Å². The molecule has 1 N–H and O–H groups in total. The summed E-state index contributed by atoms with van der Waals surface area (Å²) >= 11 is 6.35. The predicted octanol–water partition coefficient (Wildman–Crippen LogP) is 3.95. The topological polar surface area (TPSA) is 67.8 Å². The number of fused-ring (bicyclic) bond motifs is 1. The lowest BCUT2D eigenvalue weighted by Crippen LogP contribution is -2.16. The number of aryl methyl sites for hydroxylation is 1. The van der Waals surface area contributed by atoms with Crippen molar-refractivity contribution in [2.75, 3.05) is 5.32 Å². The highest BCUT2D eigenvalue weighted by Gasteiger charge is 2.43. The summed E-state index contributed by atoms with van der Waals surface area (Å²) in [5.74, 6) is -0.656. The normalized spacial score (nSPS) is 19.0. The fraction of sp³-hybridized carbons (Fsp3) is 0.222. The van der Waals surface area contributed by atoms with Crippen LogP contribution in [0.2, 0.25) is 5.02 Å². The van der Waals surface area contributed by atoms with E-state index < -0.39 is 12.1 Å². The van der Waals surface area contributed by atoms with Gasteiger partial charge in [-0.05, 0) is 54.3 Å². The Morgan fingerprint density at radius 1 is 1.32 bits per heavy atom. The summed E-state index contributed by atoms with van der Waals surface area (Å²) in [6.07, 6.45) is 2.72. The monoisotopic (exact) mass is 356 g/mol. The van der Waals surface area contributed by atoms with Crippen molar-refractivity contribution in [2.45, 2.75) is 19.5 Å². The highest BCUT2D eigenvalue weighted by atomic mass is 35.5. The molecule has 1 amide bonds. The molecule has 0 unspecified atom stereocenters. The zero-order valence-corrected chi connectivity index (χ0v) is 14.1. The van der Waals surface area contributed by atoms with Crippen LogP contribution in [-0.2, 0) is 4.79 Å². The Morgan fingerprint density at radius 3 is 2.84 bits per heavy atom. The van der Waals surface area contributed by atoms with Gasteiger partial charge in [0.15, 0.2) is 5.82 Å². The van der Waals surface area contributed by atoms with Crippen molar-refractivity contribution in [3.63, 3.8) is 0 Å². The highest BCUT2D eigenvalue weighted by molar-refractivity contribution is 6.35. The molecule has 0 spiro atoms. The van der Waals surface area contributed by atoms with Crippen LogP contribution in [0.15, 0.2) is 36.7 Å². The number of amides is 1. The van der Waals surface area contributed by atoms with Crippen molar-refractivity contribution in [1.82, 2.24) is 15.2 Å². The molecular formula is C18H14ClFN4O. The number of nitrogens with zero attached hydrogens (tertiary/aromatic N) is 3. The maximum absolute atomic E-state index is 13.0. The van der Waals surface area contributed by atoms with Crippen molar-refractivity contribution < 1.29 is 9.18 Å². The fourth-order valence-electron chi connectivity index (χ4n) is 2.78. The van der Waals surface area contributed by atoms with Crippen molar-refractivity contribution >= 4 is 34.2 Å². The van der Waals surface area contributed by atoms with Gasteiger partial charge >= 0.3 is 0 Å². The van der Waals surface area contributed by atoms with Gasteiger partial charge < -0.3 is 5.32 Å². The van der Waals surface area contributed by atoms with E-state index in [9.17, 15) is 9.18 Å². The average Bonchev–Trinajstić information content (AvgIpc) is 3.32. The molecular weight excluding hydrogens is 343 g/mol. The molecule has 1 aliphatic carbocycles. The smallest absolute Gasteiger partial charge is 0.231 e. The van der Waals surface area contributed by atoms with E-state index >= 15 is 0 Å². The minimum Gasteiger partial charge on any atom is -0.309 e. The summed E-state index contributed by atoms with van der Waals surface area (Å²) in [5, 5.41) is 11.9.